The number of benzene rings is 1. The molecule has 0 unspecified atom stereocenters. The Labute approximate surface area is 124 Å². The lowest BCUT2D eigenvalue weighted by molar-refractivity contribution is 0.771. The van der Waals surface area contributed by atoms with Crippen molar-refractivity contribution in [3.63, 3.8) is 0 Å². The maximum atomic E-state index is 4.63. The zero-order chi connectivity index (χ0) is 14.2. The second-order valence-corrected chi connectivity index (χ2v) is 5.62. The van der Waals surface area contributed by atoms with Crippen LogP contribution in [0.25, 0.3) is 17.3 Å². The maximum Gasteiger partial charge on any atom is 0.155 e. The molecule has 0 fully saturated rings. The molecule has 0 bridgehead atoms. The molecule has 0 saturated carbocycles. The molecule has 2 aromatic heterocycles. The highest BCUT2D eigenvalue weighted by Crippen LogP contribution is 2.32. The van der Waals surface area contributed by atoms with Crippen LogP contribution < -0.4 is 0 Å². The first-order valence-electron chi connectivity index (χ1n) is 7.41. The second kappa shape index (κ2) is 4.85. The van der Waals surface area contributed by atoms with Gasteiger partial charge in [-0.25, -0.2) is 9.50 Å². The Kier molecular flexibility index (Phi) is 2.85. The fourth-order valence-corrected chi connectivity index (χ4v) is 3.09. The van der Waals surface area contributed by atoms with Gasteiger partial charge in [-0.2, -0.15) is 5.10 Å². The Morgan fingerprint density at radius 3 is 2.86 bits per heavy atom. The third-order valence-electron chi connectivity index (χ3n) is 4.02. The van der Waals surface area contributed by atoms with Crippen molar-refractivity contribution >= 4 is 17.3 Å². The van der Waals surface area contributed by atoms with Crippen molar-refractivity contribution in [1.82, 2.24) is 14.6 Å². The monoisotopic (exact) mass is 275 g/mol. The number of nitrogens with zero attached hydrogens (tertiary/aromatic N) is 3. The van der Waals surface area contributed by atoms with E-state index in [1.54, 1.807) is 0 Å². The summed E-state index contributed by atoms with van der Waals surface area (Å²) in [6.07, 6.45) is 7.67. The Morgan fingerprint density at radius 1 is 1.14 bits per heavy atom. The summed E-state index contributed by atoms with van der Waals surface area (Å²) in [5.74, 6) is 0. The van der Waals surface area contributed by atoms with Gasteiger partial charge in [-0.3, -0.25) is 0 Å². The second-order valence-electron chi connectivity index (χ2n) is 5.62. The lowest BCUT2D eigenvalue weighted by atomic mass is 9.91. The molecular weight excluding hydrogens is 258 g/mol. The van der Waals surface area contributed by atoms with Crippen LogP contribution in [0.4, 0.5) is 0 Å². The summed E-state index contributed by atoms with van der Waals surface area (Å²) in [7, 11) is 0. The highest BCUT2D eigenvalue weighted by atomic mass is 15.3. The number of hydrogen-bond donors (Lipinski definition) is 0. The number of aromatic nitrogens is 3. The van der Waals surface area contributed by atoms with Crippen LogP contribution in [0.1, 0.15) is 35.4 Å². The SMILES string of the molecule is Cc1cc2ncc3c(n2n1)/C(=C/c1ccccc1)CCC3. The van der Waals surface area contributed by atoms with Gasteiger partial charge < -0.3 is 0 Å². The van der Waals surface area contributed by atoms with Gasteiger partial charge in [-0.05, 0) is 49.0 Å². The fourth-order valence-electron chi connectivity index (χ4n) is 3.09. The van der Waals surface area contributed by atoms with Gasteiger partial charge in [0.2, 0.25) is 0 Å². The third-order valence-corrected chi connectivity index (χ3v) is 4.02. The van der Waals surface area contributed by atoms with Crippen LogP contribution in [0.2, 0.25) is 0 Å². The Balaban J connectivity index is 1.94. The number of fused-ring (bicyclic) bond motifs is 3. The minimum absolute atomic E-state index is 0.937. The molecule has 1 aliphatic carbocycles. The zero-order valence-corrected chi connectivity index (χ0v) is 12.1. The van der Waals surface area contributed by atoms with Gasteiger partial charge >= 0.3 is 0 Å². The molecule has 3 aromatic rings. The van der Waals surface area contributed by atoms with Crippen LogP contribution in [-0.4, -0.2) is 14.6 Å². The molecule has 0 aliphatic heterocycles. The van der Waals surface area contributed by atoms with Crippen LogP contribution in [0, 0.1) is 6.92 Å². The Bertz CT molecular complexity index is 828. The van der Waals surface area contributed by atoms with E-state index in [1.165, 1.54) is 28.8 Å². The average molecular weight is 275 g/mol. The van der Waals surface area contributed by atoms with Crippen molar-refractivity contribution in [3.05, 3.63) is 65.1 Å². The van der Waals surface area contributed by atoms with Crippen molar-refractivity contribution in [3.8, 4) is 0 Å². The molecule has 3 nitrogen and oxygen atoms in total. The van der Waals surface area contributed by atoms with E-state index < -0.39 is 0 Å². The first-order chi connectivity index (χ1) is 10.3. The van der Waals surface area contributed by atoms with E-state index in [1.807, 2.05) is 23.7 Å². The molecular formula is C18H17N3. The first kappa shape index (κ1) is 12.3. The molecule has 0 spiro atoms. The summed E-state index contributed by atoms with van der Waals surface area (Å²) in [5.41, 5.74) is 7.10. The minimum atomic E-state index is 0.937. The summed E-state index contributed by atoms with van der Waals surface area (Å²) in [6, 6.07) is 12.5. The molecule has 0 radical (unpaired) electrons. The van der Waals surface area contributed by atoms with E-state index in [0.717, 1.165) is 24.2 Å². The molecule has 21 heavy (non-hydrogen) atoms. The van der Waals surface area contributed by atoms with E-state index in [0.29, 0.717) is 0 Å². The van der Waals surface area contributed by atoms with Crippen LogP contribution in [-0.2, 0) is 6.42 Å². The van der Waals surface area contributed by atoms with Gasteiger partial charge in [0.25, 0.3) is 0 Å². The zero-order valence-electron chi connectivity index (χ0n) is 12.1. The van der Waals surface area contributed by atoms with Gasteiger partial charge in [0.1, 0.15) is 0 Å². The molecule has 0 atom stereocenters. The number of allylic oxidation sites excluding steroid dienone is 1. The Hall–Kier alpha value is -2.42. The van der Waals surface area contributed by atoms with Gasteiger partial charge in [0, 0.05) is 12.3 Å². The molecule has 0 amide bonds. The number of hydrogen-bond acceptors (Lipinski definition) is 2. The lowest BCUT2D eigenvalue weighted by Gasteiger charge is -2.19. The van der Waals surface area contributed by atoms with Crippen molar-refractivity contribution in [1.29, 1.82) is 0 Å². The standard InChI is InChI=1S/C18H17N3/c1-13-10-17-19-12-16-9-5-8-15(18(16)21(17)20-13)11-14-6-3-2-4-7-14/h2-4,6-7,10-12H,5,8-9H2,1H3/b15-11+. The van der Waals surface area contributed by atoms with Gasteiger partial charge in [-0.1, -0.05) is 30.3 Å². The van der Waals surface area contributed by atoms with Crippen LogP contribution in [0.15, 0.2) is 42.6 Å². The van der Waals surface area contributed by atoms with Crippen molar-refractivity contribution in [2.24, 2.45) is 0 Å². The summed E-state index contributed by atoms with van der Waals surface area (Å²) < 4.78 is 2.01. The van der Waals surface area contributed by atoms with Gasteiger partial charge in [0.15, 0.2) is 5.65 Å². The first-order valence-corrected chi connectivity index (χ1v) is 7.41. The van der Waals surface area contributed by atoms with Crippen LogP contribution >= 0.6 is 0 Å². The van der Waals surface area contributed by atoms with Crippen molar-refractivity contribution in [2.45, 2.75) is 26.2 Å². The molecule has 1 aromatic carbocycles. The topological polar surface area (TPSA) is 30.2 Å². The molecule has 1 aliphatic rings. The number of rotatable bonds is 1. The quantitative estimate of drug-likeness (QED) is 0.674. The van der Waals surface area contributed by atoms with E-state index in [4.69, 9.17) is 0 Å². The van der Waals surface area contributed by atoms with Gasteiger partial charge in [-0.15, -0.1) is 0 Å². The number of aryl methyl sites for hydroxylation is 2. The summed E-state index contributed by atoms with van der Waals surface area (Å²) in [5, 5.41) is 4.63. The lowest BCUT2D eigenvalue weighted by Crippen LogP contribution is -2.10. The molecule has 3 heteroatoms. The summed E-state index contributed by atoms with van der Waals surface area (Å²) in [6.45, 7) is 2.02. The maximum absolute atomic E-state index is 4.63. The summed E-state index contributed by atoms with van der Waals surface area (Å²) in [4.78, 5) is 4.53. The largest absolute Gasteiger partial charge is 0.237 e. The molecule has 0 saturated heterocycles. The van der Waals surface area contributed by atoms with Crippen LogP contribution in [0.3, 0.4) is 0 Å². The molecule has 4 rings (SSSR count). The van der Waals surface area contributed by atoms with Gasteiger partial charge in [0.05, 0.1) is 11.4 Å². The van der Waals surface area contributed by atoms with E-state index >= 15 is 0 Å². The van der Waals surface area contributed by atoms with Crippen LogP contribution in [0.5, 0.6) is 0 Å². The highest BCUT2D eigenvalue weighted by molar-refractivity contribution is 5.82. The molecule has 104 valence electrons. The Morgan fingerprint density at radius 2 is 2.00 bits per heavy atom. The summed E-state index contributed by atoms with van der Waals surface area (Å²) >= 11 is 0. The predicted molar refractivity (Wildman–Crippen MR) is 85.0 cm³/mol. The van der Waals surface area contributed by atoms with E-state index in [2.05, 4.69) is 46.5 Å². The van der Waals surface area contributed by atoms with Crippen molar-refractivity contribution in [2.75, 3.05) is 0 Å². The molecule has 2 heterocycles. The van der Waals surface area contributed by atoms with E-state index in [9.17, 15) is 0 Å². The third kappa shape index (κ3) is 2.15. The highest BCUT2D eigenvalue weighted by Gasteiger charge is 2.19. The minimum Gasteiger partial charge on any atom is -0.237 e. The van der Waals surface area contributed by atoms with Crippen molar-refractivity contribution < 1.29 is 0 Å². The van der Waals surface area contributed by atoms with E-state index in [-0.39, 0.29) is 0 Å². The predicted octanol–water partition coefficient (Wildman–Crippen LogP) is 3.91. The normalized spacial score (nSPS) is 16.3. The molecule has 0 N–H and O–H groups in total. The fraction of sp³-hybridized carbons (Fsp3) is 0.222. The average Bonchev–Trinajstić information content (AvgIpc) is 2.89. The smallest absolute Gasteiger partial charge is 0.155 e.